The summed E-state index contributed by atoms with van der Waals surface area (Å²) in [6.45, 7) is 1.81. The van der Waals surface area contributed by atoms with E-state index in [0.717, 1.165) is 4.57 Å². The van der Waals surface area contributed by atoms with Crippen molar-refractivity contribution in [2.75, 3.05) is 6.61 Å². The molecule has 1 saturated heterocycles. The lowest BCUT2D eigenvalue weighted by Gasteiger charge is -2.16. The van der Waals surface area contributed by atoms with E-state index in [4.69, 9.17) is 10.5 Å². The molecular formula is C23H18F3N7O4. The predicted molar refractivity (Wildman–Crippen MR) is 123 cm³/mol. The topological polar surface area (TPSA) is 177 Å². The van der Waals surface area contributed by atoms with Gasteiger partial charge in [-0.3, -0.25) is 4.79 Å². The fourth-order valence-corrected chi connectivity index (χ4v) is 3.90. The predicted octanol–water partition coefficient (Wildman–Crippen LogP) is 1.87. The molecule has 0 spiro atoms. The number of imidazole rings is 1. The van der Waals surface area contributed by atoms with E-state index in [9.17, 15) is 27.6 Å². The summed E-state index contributed by atoms with van der Waals surface area (Å²) < 4.78 is 46.3. The number of aromatic amines is 1. The van der Waals surface area contributed by atoms with Gasteiger partial charge >= 0.3 is 17.8 Å². The van der Waals surface area contributed by atoms with Crippen LogP contribution in [-0.2, 0) is 10.4 Å². The summed E-state index contributed by atoms with van der Waals surface area (Å²) in [4.78, 5) is 48.3. The number of esters is 1. The zero-order valence-electron chi connectivity index (χ0n) is 19.0. The molecule has 0 unspecified atom stereocenters. The number of nitrogens with one attached hydrogen (secondary N) is 3. The summed E-state index contributed by atoms with van der Waals surface area (Å²) >= 11 is 0. The zero-order valence-corrected chi connectivity index (χ0v) is 19.0. The van der Waals surface area contributed by atoms with Crippen molar-refractivity contribution in [2.24, 2.45) is 5.73 Å². The minimum absolute atomic E-state index is 0.0221. The summed E-state index contributed by atoms with van der Waals surface area (Å²) in [7, 11) is 0. The first-order chi connectivity index (χ1) is 17.6. The summed E-state index contributed by atoms with van der Waals surface area (Å²) in [5, 5.41) is 0. The molecule has 4 aromatic rings. The van der Waals surface area contributed by atoms with Crippen LogP contribution in [0.15, 0.2) is 53.3 Å². The van der Waals surface area contributed by atoms with Gasteiger partial charge in [-0.15, -0.1) is 0 Å². The summed E-state index contributed by atoms with van der Waals surface area (Å²) in [6.07, 6.45) is -4.58. The van der Waals surface area contributed by atoms with Crippen molar-refractivity contribution in [3.8, 4) is 17.1 Å². The fraction of sp³-hybridized carbons (Fsp3) is 0.174. The Labute approximate surface area is 205 Å². The minimum atomic E-state index is -4.58. The highest BCUT2D eigenvalue weighted by molar-refractivity contribution is 6.02. The highest BCUT2D eigenvalue weighted by Gasteiger charge is 2.65. The number of nitrogens with zero attached hydrogens (tertiary/aromatic N) is 3. The second-order valence-electron chi connectivity index (χ2n) is 8.07. The largest absolute Gasteiger partial charge is 0.462 e. The van der Waals surface area contributed by atoms with Crippen molar-refractivity contribution in [2.45, 2.75) is 18.8 Å². The molecule has 14 heteroatoms. The van der Waals surface area contributed by atoms with Gasteiger partial charge in [0.1, 0.15) is 5.52 Å². The van der Waals surface area contributed by atoms with E-state index in [1.807, 2.05) is 0 Å². The number of H-pyrrole nitrogens is 1. The molecule has 5 N–H and O–H groups in total. The number of carbonyl (C=O) groups is 2. The molecule has 2 aromatic carbocycles. The lowest BCUT2D eigenvalue weighted by molar-refractivity contribution is -0.165. The van der Waals surface area contributed by atoms with Gasteiger partial charge in [-0.2, -0.15) is 13.2 Å². The number of amides is 1. The number of hydrazine groups is 1. The maximum Gasteiger partial charge on any atom is 0.426 e. The lowest BCUT2D eigenvalue weighted by Crippen LogP contribution is -2.34. The Kier molecular flexibility index (Phi) is 5.57. The van der Waals surface area contributed by atoms with Crippen LogP contribution in [0.3, 0.4) is 0 Å². The number of benzene rings is 2. The van der Waals surface area contributed by atoms with Gasteiger partial charge in [0.2, 0.25) is 5.66 Å². The highest BCUT2D eigenvalue weighted by atomic mass is 19.4. The standard InChI is InChI=1S/C23H18F3N7O4/c1-2-37-20(35)12-4-3-5-14(10-12)33-19-16(29-21(33)36)15(17(27)34)28-18(30-19)11-6-8-13(9-7-11)22(31-32-22)23(24,25)26/h3-10,31-32H,2H2,1H3,(H2,27,34)(H,29,36). The molecule has 2 aromatic heterocycles. The van der Waals surface area contributed by atoms with Gasteiger partial charge in [0.15, 0.2) is 17.2 Å². The molecule has 1 aliphatic heterocycles. The average molecular weight is 513 g/mol. The molecule has 1 aliphatic rings. The maximum absolute atomic E-state index is 13.4. The molecule has 0 saturated carbocycles. The van der Waals surface area contributed by atoms with Crippen LogP contribution in [0.2, 0.25) is 0 Å². The summed E-state index contributed by atoms with van der Waals surface area (Å²) in [6, 6.07) is 11.2. The van der Waals surface area contributed by atoms with Gasteiger partial charge < -0.3 is 15.5 Å². The number of aromatic nitrogens is 4. The first-order valence-electron chi connectivity index (χ1n) is 10.9. The van der Waals surface area contributed by atoms with Gasteiger partial charge in [-0.1, -0.05) is 30.3 Å². The molecule has 3 heterocycles. The Morgan fingerprint density at radius 1 is 1.11 bits per heavy atom. The second-order valence-corrected chi connectivity index (χ2v) is 8.07. The molecule has 37 heavy (non-hydrogen) atoms. The Hall–Kier alpha value is -4.56. The third-order valence-electron chi connectivity index (χ3n) is 5.76. The first-order valence-corrected chi connectivity index (χ1v) is 10.9. The van der Waals surface area contributed by atoms with Gasteiger partial charge in [0, 0.05) is 5.56 Å². The van der Waals surface area contributed by atoms with Crippen molar-refractivity contribution in [3.05, 3.63) is 75.8 Å². The molecule has 0 aliphatic carbocycles. The van der Waals surface area contributed by atoms with E-state index in [-0.39, 0.29) is 51.7 Å². The number of carbonyl (C=O) groups excluding carboxylic acids is 2. The molecular weight excluding hydrogens is 495 g/mol. The smallest absolute Gasteiger partial charge is 0.426 e. The van der Waals surface area contributed by atoms with Gasteiger partial charge in [-0.25, -0.2) is 35.0 Å². The molecule has 1 amide bonds. The van der Waals surface area contributed by atoms with Crippen molar-refractivity contribution in [1.29, 1.82) is 0 Å². The summed E-state index contributed by atoms with van der Waals surface area (Å²) in [5.41, 5.74) is 6.96. The number of alkyl halides is 3. The van der Waals surface area contributed by atoms with E-state index in [1.54, 1.807) is 19.1 Å². The molecule has 190 valence electrons. The molecule has 5 rings (SSSR count). The van der Waals surface area contributed by atoms with Crippen LogP contribution in [0.25, 0.3) is 28.2 Å². The van der Waals surface area contributed by atoms with Gasteiger partial charge in [0.05, 0.1) is 17.9 Å². The van der Waals surface area contributed by atoms with Crippen molar-refractivity contribution in [1.82, 2.24) is 30.4 Å². The van der Waals surface area contributed by atoms with Crippen LogP contribution < -0.4 is 22.3 Å². The number of fused-ring (bicyclic) bond motifs is 1. The number of halogens is 3. The van der Waals surface area contributed by atoms with E-state index >= 15 is 0 Å². The van der Waals surface area contributed by atoms with Gasteiger partial charge in [-0.05, 0) is 30.7 Å². The van der Waals surface area contributed by atoms with E-state index in [2.05, 4.69) is 25.8 Å². The number of hydrogen-bond acceptors (Lipinski definition) is 8. The normalized spacial score (nSPS) is 14.5. The summed E-state index contributed by atoms with van der Waals surface area (Å²) in [5.74, 6) is -1.61. The first kappa shape index (κ1) is 24.1. The Balaban J connectivity index is 1.64. The van der Waals surface area contributed by atoms with E-state index < -0.39 is 29.4 Å². The number of primary amides is 1. The number of rotatable bonds is 6. The van der Waals surface area contributed by atoms with Crippen LogP contribution in [-0.4, -0.2) is 44.2 Å². The van der Waals surface area contributed by atoms with Crippen LogP contribution in [0, 0.1) is 0 Å². The zero-order chi connectivity index (χ0) is 26.5. The van der Waals surface area contributed by atoms with Crippen molar-refractivity contribution in [3.63, 3.8) is 0 Å². The third-order valence-corrected chi connectivity index (χ3v) is 5.76. The minimum Gasteiger partial charge on any atom is -0.462 e. The quantitative estimate of drug-likeness (QED) is 0.223. The molecule has 11 nitrogen and oxygen atoms in total. The van der Waals surface area contributed by atoms with Crippen LogP contribution in [0.5, 0.6) is 0 Å². The third kappa shape index (κ3) is 4.01. The van der Waals surface area contributed by atoms with Crippen molar-refractivity contribution >= 4 is 23.0 Å². The number of ether oxygens (including phenoxy) is 1. The fourth-order valence-electron chi connectivity index (χ4n) is 3.90. The van der Waals surface area contributed by atoms with Crippen LogP contribution in [0.1, 0.15) is 33.3 Å². The van der Waals surface area contributed by atoms with Crippen molar-refractivity contribution < 1.29 is 27.5 Å². The SMILES string of the molecule is CCOC(=O)c1cccc(-n2c(=O)[nH]c3c(C(N)=O)nc(-c4ccc(C5(C(F)(F)F)NN5)cc4)nc32)c1. The van der Waals surface area contributed by atoms with E-state index in [0.29, 0.717) is 0 Å². The number of hydrogen-bond donors (Lipinski definition) is 4. The molecule has 0 atom stereocenters. The Morgan fingerprint density at radius 2 is 1.81 bits per heavy atom. The van der Waals surface area contributed by atoms with Crippen LogP contribution in [0.4, 0.5) is 13.2 Å². The molecule has 0 bridgehead atoms. The Morgan fingerprint density at radius 3 is 2.41 bits per heavy atom. The molecule has 0 radical (unpaired) electrons. The monoisotopic (exact) mass is 513 g/mol. The van der Waals surface area contributed by atoms with Gasteiger partial charge in [0.25, 0.3) is 5.91 Å². The highest BCUT2D eigenvalue weighted by Crippen LogP contribution is 2.42. The maximum atomic E-state index is 13.4. The average Bonchev–Trinajstić information content (AvgIpc) is 3.62. The lowest BCUT2D eigenvalue weighted by atomic mass is 10.0. The molecule has 1 fully saturated rings. The Bertz CT molecular complexity index is 1610. The second kappa shape index (κ2) is 8.53. The number of nitrogens with two attached hydrogens (primary N) is 1. The van der Waals surface area contributed by atoms with E-state index in [1.165, 1.54) is 36.4 Å². The van der Waals surface area contributed by atoms with Crippen LogP contribution >= 0.6 is 0 Å².